The standard InChI is InChI=1S/3C2H2O4.Li.H/c3*3-1(4)2(5)6;;/h3*(H,3,4)(H,5,6);;/q;;;+1;-1. The molecule has 0 heterocycles. The minimum atomic E-state index is -1.82. The zero-order chi connectivity index (χ0) is 15.5. The molecule has 0 saturated carbocycles. The quantitative estimate of drug-likeness (QED) is 0.180. The van der Waals surface area contributed by atoms with E-state index in [9.17, 15) is 0 Å². The summed E-state index contributed by atoms with van der Waals surface area (Å²) in [6.07, 6.45) is 0. The number of hydrogen-bond donors (Lipinski definition) is 6. The molecular formula is C6H7LiO12. The molecule has 12 nitrogen and oxygen atoms in total. The molecule has 0 spiro atoms. The van der Waals surface area contributed by atoms with E-state index < -0.39 is 35.8 Å². The van der Waals surface area contributed by atoms with E-state index in [-0.39, 0.29) is 20.3 Å². The Labute approximate surface area is 116 Å². The maximum absolute atomic E-state index is 9.10. The summed E-state index contributed by atoms with van der Waals surface area (Å²) in [4.78, 5) is 54.6. The molecule has 0 aromatic heterocycles. The van der Waals surface area contributed by atoms with Gasteiger partial charge in [-0.05, 0) is 0 Å². The van der Waals surface area contributed by atoms with Crippen LogP contribution in [-0.4, -0.2) is 66.5 Å². The minimum Gasteiger partial charge on any atom is -1.00 e. The van der Waals surface area contributed by atoms with Crippen LogP contribution in [0.5, 0.6) is 0 Å². The monoisotopic (exact) mass is 278 g/mol. The molecule has 0 bridgehead atoms. The maximum atomic E-state index is 9.10. The van der Waals surface area contributed by atoms with Crippen LogP contribution in [-0.2, 0) is 28.8 Å². The van der Waals surface area contributed by atoms with Gasteiger partial charge in [-0.3, -0.25) is 0 Å². The van der Waals surface area contributed by atoms with Crippen molar-refractivity contribution in [2.45, 2.75) is 0 Å². The van der Waals surface area contributed by atoms with E-state index in [2.05, 4.69) is 0 Å². The molecule has 0 rings (SSSR count). The molecule has 0 aromatic rings. The van der Waals surface area contributed by atoms with Crippen molar-refractivity contribution in [3.63, 3.8) is 0 Å². The van der Waals surface area contributed by atoms with Gasteiger partial charge in [0.2, 0.25) is 0 Å². The topological polar surface area (TPSA) is 224 Å². The third kappa shape index (κ3) is 31.3. The molecule has 0 aliphatic rings. The predicted molar refractivity (Wildman–Crippen MR) is 46.9 cm³/mol. The van der Waals surface area contributed by atoms with E-state index in [1.807, 2.05) is 0 Å². The van der Waals surface area contributed by atoms with Gasteiger partial charge in [0, 0.05) is 0 Å². The Bertz CT molecular complexity index is 283. The van der Waals surface area contributed by atoms with Crippen LogP contribution in [0.2, 0.25) is 0 Å². The van der Waals surface area contributed by atoms with Gasteiger partial charge in [-0.2, -0.15) is 0 Å². The summed E-state index contributed by atoms with van der Waals surface area (Å²) in [5, 5.41) is 44.3. The molecule has 0 fully saturated rings. The summed E-state index contributed by atoms with van der Waals surface area (Å²) in [5.41, 5.74) is 0. The Morgan fingerprint density at radius 3 is 0.474 bits per heavy atom. The van der Waals surface area contributed by atoms with E-state index >= 15 is 0 Å². The fourth-order valence-corrected chi connectivity index (χ4v) is 0. The average Bonchev–Trinajstić information content (AvgIpc) is 2.18. The Morgan fingerprint density at radius 1 is 0.421 bits per heavy atom. The van der Waals surface area contributed by atoms with Crippen LogP contribution in [0.15, 0.2) is 0 Å². The van der Waals surface area contributed by atoms with Crippen molar-refractivity contribution in [1.29, 1.82) is 0 Å². The Hall–Kier alpha value is -2.58. The van der Waals surface area contributed by atoms with Crippen LogP contribution in [0.4, 0.5) is 0 Å². The van der Waals surface area contributed by atoms with Gasteiger partial charge in [0.25, 0.3) is 0 Å². The first-order valence-electron chi connectivity index (χ1n) is 3.32. The van der Waals surface area contributed by atoms with Crippen LogP contribution < -0.4 is 18.9 Å². The van der Waals surface area contributed by atoms with Crippen LogP contribution in [0, 0.1) is 0 Å². The molecule has 0 aliphatic carbocycles. The van der Waals surface area contributed by atoms with Gasteiger partial charge in [-0.1, -0.05) is 0 Å². The van der Waals surface area contributed by atoms with E-state index in [0.717, 1.165) is 0 Å². The van der Waals surface area contributed by atoms with Gasteiger partial charge in [-0.25, -0.2) is 28.8 Å². The summed E-state index contributed by atoms with van der Waals surface area (Å²) in [5.74, 6) is -10.9. The fraction of sp³-hybridized carbons (Fsp3) is 0. The normalized spacial score (nSPS) is 6.95. The van der Waals surface area contributed by atoms with Crippen LogP contribution in [0.1, 0.15) is 1.43 Å². The molecule has 6 N–H and O–H groups in total. The minimum absolute atomic E-state index is 0. The third-order valence-corrected chi connectivity index (χ3v) is 0.549. The van der Waals surface area contributed by atoms with E-state index in [4.69, 9.17) is 59.4 Å². The van der Waals surface area contributed by atoms with Gasteiger partial charge in [0.15, 0.2) is 0 Å². The van der Waals surface area contributed by atoms with Gasteiger partial charge < -0.3 is 32.1 Å². The van der Waals surface area contributed by atoms with E-state index in [1.165, 1.54) is 0 Å². The zero-order valence-electron chi connectivity index (χ0n) is 10.1. The number of rotatable bonds is 0. The predicted octanol–water partition coefficient (Wildman–Crippen LogP) is -5.42. The second-order valence-corrected chi connectivity index (χ2v) is 1.83. The number of aliphatic carboxylic acids is 6. The van der Waals surface area contributed by atoms with E-state index in [1.54, 1.807) is 0 Å². The summed E-state index contributed by atoms with van der Waals surface area (Å²) in [6.45, 7) is 0. The molecule has 0 unspecified atom stereocenters. The number of carboxylic acids is 6. The maximum Gasteiger partial charge on any atom is 1.00 e. The first-order valence-corrected chi connectivity index (χ1v) is 3.32. The molecule has 0 aromatic carbocycles. The molecule has 19 heavy (non-hydrogen) atoms. The van der Waals surface area contributed by atoms with Gasteiger partial charge >= 0.3 is 54.7 Å². The van der Waals surface area contributed by atoms with Gasteiger partial charge in [0.1, 0.15) is 0 Å². The van der Waals surface area contributed by atoms with Crippen LogP contribution in [0.3, 0.4) is 0 Å². The van der Waals surface area contributed by atoms with Crippen LogP contribution >= 0.6 is 0 Å². The molecule has 0 saturated heterocycles. The van der Waals surface area contributed by atoms with Crippen molar-refractivity contribution < 1.29 is 79.7 Å². The summed E-state index contributed by atoms with van der Waals surface area (Å²) < 4.78 is 0. The smallest absolute Gasteiger partial charge is 1.00 e. The second kappa shape index (κ2) is 13.5. The number of carbonyl (C=O) groups is 6. The van der Waals surface area contributed by atoms with Crippen LogP contribution in [0.25, 0.3) is 0 Å². The summed E-state index contributed by atoms with van der Waals surface area (Å²) in [7, 11) is 0. The Morgan fingerprint density at radius 2 is 0.474 bits per heavy atom. The molecule has 104 valence electrons. The van der Waals surface area contributed by atoms with Crippen molar-refractivity contribution in [2.24, 2.45) is 0 Å². The fourth-order valence-electron chi connectivity index (χ4n) is 0. The second-order valence-electron chi connectivity index (χ2n) is 1.83. The Kier molecular flexibility index (Phi) is 18.0. The first kappa shape index (κ1) is 25.3. The zero-order valence-corrected chi connectivity index (χ0v) is 9.13. The van der Waals surface area contributed by atoms with Crippen molar-refractivity contribution in [3.05, 3.63) is 0 Å². The number of carboxylic acid groups (broad SMARTS) is 6. The van der Waals surface area contributed by atoms with Crippen molar-refractivity contribution in [1.82, 2.24) is 0 Å². The molecule has 0 radical (unpaired) electrons. The molecule has 0 aliphatic heterocycles. The largest absolute Gasteiger partial charge is 1.00 e. The SMILES string of the molecule is O=C(O)C(=O)O.O=C(O)C(=O)O.O=C(O)C(=O)O.[H-].[Li+]. The Balaban J connectivity index is -0.0000000536. The third-order valence-electron chi connectivity index (χ3n) is 0.549. The molecule has 13 heteroatoms. The number of hydrogen-bond acceptors (Lipinski definition) is 6. The van der Waals surface area contributed by atoms with Crippen molar-refractivity contribution in [3.8, 4) is 0 Å². The average molecular weight is 278 g/mol. The van der Waals surface area contributed by atoms with Gasteiger partial charge in [0.05, 0.1) is 0 Å². The van der Waals surface area contributed by atoms with Crippen molar-refractivity contribution >= 4 is 35.8 Å². The molecule has 0 amide bonds. The van der Waals surface area contributed by atoms with E-state index in [0.29, 0.717) is 0 Å². The summed E-state index contributed by atoms with van der Waals surface area (Å²) >= 11 is 0. The van der Waals surface area contributed by atoms with Gasteiger partial charge in [-0.15, -0.1) is 0 Å². The van der Waals surface area contributed by atoms with Crippen molar-refractivity contribution in [2.75, 3.05) is 0 Å². The first-order chi connectivity index (χ1) is 7.93. The summed E-state index contributed by atoms with van der Waals surface area (Å²) in [6, 6.07) is 0. The molecular weight excluding hydrogens is 271 g/mol. The molecule has 0 atom stereocenters.